The van der Waals surface area contributed by atoms with Crippen LogP contribution in [0.2, 0.25) is 0 Å². The molecule has 0 aliphatic carbocycles. The van der Waals surface area contributed by atoms with Gasteiger partial charge in [0.05, 0.1) is 11.3 Å². The van der Waals surface area contributed by atoms with Gasteiger partial charge in [-0.25, -0.2) is 4.98 Å². The standard InChI is InChI=1S/C26H23N3O2S/c1-18(30)27-22-11-13-23(14-12-22)28-25(31)17-32-26-21(15-19-7-3-2-4-8-19)16-20-9-5-6-10-24(20)29-26/h2-14,16H,15,17H2,1H3,(H,27,30)(H,28,31). The highest BCUT2D eigenvalue weighted by molar-refractivity contribution is 8.00. The van der Waals surface area contributed by atoms with Crippen molar-refractivity contribution >= 4 is 45.9 Å². The highest BCUT2D eigenvalue weighted by Crippen LogP contribution is 2.27. The first kappa shape index (κ1) is 21.6. The van der Waals surface area contributed by atoms with Crippen molar-refractivity contribution in [1.82, 2.24) is 4.98 Å². The minimum atomic E-state index is -0.132. The smallest absolute Gasteiger partial charge is 0.234 e. The first-order valence-corrected chi connectivity index (χ1v) is 11.3. The zero-order valence-corrected chi connectivity index (χ0v) is 18.5. The number of thioether (sulfide) groups is 1. The second-order valence-electron chi connectivity index (χ2n) is 7.40. The number of hydrogen-bond acceptors (Lipinski definition) is 4. The predicted octanol–water partition coefficient (Wildman–Crippen LogP) is 5.51. The van der Waals surface area contributed by atoms with Gasteiger partial charge in [-0.05, 0) is 47.5 Å². The lowest BCUT2D eigenvalue weighted by atomic mass is 10.0. The van der Waals surface area contributed by atoms with Gasteiger partial charge in [-0.2, -0.15) is 0 Å². The number of nitrogens with one attached hydrogen (secondary N) is 2. The first-order valence-electron chi connectivity index (χ1n) is 10.3. The lowest BCUT2D eigenvalue weighted by Crippen LogP contribution is -2.14. The molecule has 1 aromatic heterocycles. The summed E-state index contributed by atoms with van der Waals surface area (Å²) in [6.45, 7) is 1.46. The third-order valence-corrected chi connectivity index (χ3v) is 5.86. The molecule has 0 unspecified atom stereocenters. The number of benzene rings is 3. The molecule has 0 saturated heterocycles. The molecule has 4 aromatic rings. The Labute approximate surface area is 191 Å². The van der Waals surface area contributed by atoms with Crippen LogP contribution in [0.4, 0.5) is 11.4 Å². The number of anilines is 2. The maximum atomic E-state index is 12.6. The molecular weight excluding hydrogens is 418 g/mol. The molecule has 4 rings (SSSR count). The third kappa shape index (κ3) is 5.74. The molecule has 0 spiro atoms. The third-order valence-electron chi connectivity index (χ3n) is 4.83. The molecule has 2 amide bonds. The monoisotopic (exact) mass is 441 g/mol. The van der Waals surface area contributed by atoms with E-state index in [0.717, 1.165) is 27.9 Å². The van der Waals surface area contributed by atoms with Gasteiger partial charge in [-0.3, -0.25) is 9.59 Å². The van der Waals surface area contributed by atoms with E-state index < -0.39 is 0 Å². The van der Waals surface area contributed by atoms with Crippen molar-refractivity contribution in [2.75, 3.05) is 16.4 Å². The number of amides is 2. The van der Waals surface area contributed by atoms with E-state index in [9.17, 15) is 9.59 Å². The molecule has 0 aliphatic rings. The largest absolute Gasteiger partial charge is 0.326 e. The van der Waals surface area contributed by atoms with E-state index in [1.165, 1.54) is 24.2 Å². The molecule has 0 atom stereocenters. The molecule has 0 bridgehead atoms. The summed E-state index contributed by atoms with van der Waals surface area (Å²) < 4.78 is 0. The van der Waals surface area contributed by atoms with Gasteiger partial charge < -0.3 is 10.6 Å². The van der Waals surface area contributed by atoms with Crippen molar-refractivity contribution in [3.63, 3.8) is 0 Å². The van der Waals surface area contributed by atoms with Crippen LogP contribution < -0.4 is 10.6 Å². The molecule has 32 heavy (non-hydrogen) atoms. The summed E-state index contributed by atoms with van der Waals surface area (Å²) in [5, 5.41) is 7.56. The molecule has 2 N–H and O–H groups in total. The van der Waals surface area contributed by atoms with E-state index in [0.29, 0.717) is 11.4 Å². The van der Waals surface area contributed by atoms with Crippen LogP contribution in [0.15, 0.2) is 90.0 Å². The van der Waals surface area contributed by atoms with Crippen molar-refractivity contribution in [2.45, 2.75) is 18.4 Å². The van der Waals surface area contributed by atoms with E-state index in [4.69, 9.17) is 4.98 Å². The van der Waals surface area contributed by atoms with Crippen LogP contribution >= 0.6 is 11.8 Å². The van der Waals surface area contributed by atoms with Crippen LogP contribution in [0.1, 0.15) is 18.1 Å². The van der Waals surface area contributed by atoms with E-state index >= 15 is 0 Å². The maximum Gasteiger partial charge on any atom is 0.234 e. The first-order chi connectivity index (χ1) is 15.6. The SMILES string of the molecule is CC(=O)Nc1ccc(NC(=O)CSc2nc3ccccc3cc2Cc2ccccc2)cc1. The van der Waals surface area contributed by atoms with Crippen LogP contribution in [0, 0.1) is 0 Å². The van der Waals surface area contributed by atoms with Crippen molar-refractivity contribution in [3.8, 4) is 0 Å². The van der Waals surface area contributed by atoms with Crippen LogP contribution in [-0.4, -0.2) is 22.6 Å². The van der Waals surface area contributed by atoms with Gasteiger partial charge in [0.25, 0.3) is 0 Å². The second-order valence-corrected chi connectivity index (χ2v) is 8.37. The summed E-state index contributed by atoms with van der Waals surface area (Å²) in [7, 11) is 0. The van der Waals surface area contributed by atoms with Crippen molar-refractivity contribution in [3.05, 3.63) is 96.1 Å². The van der Waals surface area contributed by atoms with Gasteiger partial charge in [0.15, 0.2) is 0 Å². The average Bonchev–Trinajstić information content (AvgIpc) is 2.79. The normalized spacial score (nSPS) is 10.7. The van der Waals surface area contributed by atoms with Gasteiger partial charge in [-0.15, -0.1) is 0 Å². The molecule has 0 radical (unpaired) electrons. The Balaban J connectivity index is 1.47. The second kappa shape index (κ2) is 10.1. The lowest BCUT2D eigenvalue weighted by Gasteiger charge is -2.11. The number of nitrogens with zero attached hydrogens (tertiary/aromatic N) is 1. The van der Waals surface area contributed by atoms with Crippen LogP contribution in [0.3, 0.4) is 0 Å². The Hall–Kier alpha value is -3.64. The Kier molecular flexibility index (Phi) is 6.82. The Morgan fingerprint density at radius 1 is 0.844 bits per heavy atom. The molecule has 5 nitrogen and oxygen atoms in total. The lowest BCUT2D eigenvalue weighted by molar-refractivity contribution is -0.114. The van der Waals surface area contributed by atoms with Gasteiger partial charge in [0.1, 0.15) is 5.03 Å². The number of fused-ring (bicyclic) bond motifs is 1. The van der Waals surface area contributed by atoms with Crippen LogP contribution in [0.5, 0.6) is 0 Å². The molecule has 3 aromatic carbocycles. The number of aromatic nitrogens is 1. The average molecular weight is 442 g/mol. The summed E-state index contributed by atoms with van der Waals surface area (Å²) >= 11 is 1.44. The fourth-order valence-corrected chi connectivity index (χ4v) is 4.20. The minimum Gasteiger partial charge on any atom is -0.326 e. The number of carbonyl (C=O) groups is 2. The zero-order chi connectivity index (χ0) is 22.3. The maximum absolute atomic E-state index is 12.6. The molecular formula is C26H23N3O2S. The zero-order valence-electron chi connectivity index (χ0n) is 17.7. The minimum absolute atomic E-state index is 0.108. The summed E-state index contributed by atoms with van der Waals surface area (Å²) in [5.74, 6) is 0.0101. The van der Waals surface area contributed by atoms with Gasteiger partial charge in [-0.1, -0.05) is 60.3 Å². The number of rotatable bonds is 7. The van der Waals surface area contributed by atoms with Crippen molar-refractivity contribution in [2.24, 2.45) is 0 Å². The van der Waals surface area contributed by atoms with Crippen LogP contribution in [-0.2, 0) is 16.0 Å². The van der Waals surface area contributed by atoms with Gasteiger partial charge >= 0.3 is 0 Å². The van der Waals surface area contributed by atoms with Crippen molar-refractivity contribution in [1.29, 1.82) is 0 Å². The molecule has 1 heterocycles. The van der Waals surface area contributed by atoms with Gasteiger partial charge in [0.2, 0.25) is 11.8 Å². The summed E-state index contributed by atoms with van der Waals surface area (Å²) in [6, 6.07) is 27.5. The van der Waals surface area contributed by atoms with E-state index in [1.54, 1.807) is 24.3 Å². The van der Waals surface area contributed by atoms with Gasteiger partial charge in [0, 0.05) is 30.1 Å². The Bertz CT molecular complexity index is 1240. The molecule has 0 fully saturated rings. The number of para-hydroxylation sites is 1. The van der Waals surface area contributed by atoms with Crippen molar-refractivity contribution < 1.29 is 9.59 Å². The summed E-state index contributed by atoms with van der Waals surface area (Å²) in [6.07, 6.45) is 0.757. The summed E-state index contributed by atoms with van der Waals surface area (Å²) in [4.78, 5) is 28.5. The quantitative estimate of drug-likeness (QED) is 0.371. The number of hydrogen-bond donors (Lipinski definition) is 2. The van der Waals surface area contributed by atoms with E-state index in [2.05, 4.69) is 34.9 Å². The molecule has 0 saturated carbocycles. The van der Waals surface area contributed by atoms with Crippen LogP contribution in [0.25, 0.3) is 10.9 Å². The van der Waals surface area contributed by atoms with E-state index in [-0.39, 0.29) is 17.6 Å². The number of carbonyl (C=O) groups excluding carboxylic acids is 2. The fourth-order valence-electron chi connectivity index (χ4n) is 3.38. The molecule has 6 heteroatoms. The fraction of sp³-hybridized carbons (Fsp3) is 0.115. The topological polar surface area (TPSA) is 71.1 Å². The van der Waals surface area contributed by atoms with E-state index in [1.807, 2.05) is 36.4 Å². The number of pyridine rings is 1. The summed E-state index contributed by atoms with van der Waals surface area (Å²) in [5.41, 5.74) is 4.60. The predicted molar refractivity (Wildman–Crippen MR) is 131 cm³/mol. The Morgan fingerprint density at radius 2 is 1.50 bits per heavy atom. The highest BCUT2D eigenvalue weighted by Gasteiger charge is 2.11. The molecule has 160 valence electrons. The molecule has 0 aliphatic heterocycles. The highest BCUT2D eigenvalue weighted by atomic mass is 32.2. The Morgan fingerprint density at radius 3 is 2.22 bits per heavy atom.